The molecule has 0 amide bonds. The molecule has 27 rings (SSSR count). The van der Waals surface area contributed by atoms with Gasteiger partial charge < -0.3 is 27.4 Å². The number of rotatable bonds is 12. The lowest BCUT2D eigenvalue weighted by atomic mass is 9.98. The molecule has 0 bridgehead atoms. The molecule has 138 heavy (non-hydrogen) atoms. The molecule has 0 radical (unpaired) electrons. The second kappa shape index (κ2) is 33.8. The van der Waals surface area contributed by atoms with Crippen LogP contribution in [0.25, 0.3) is 232 Å². The fraction of sp³-hybridized carbons (Fsp3) is 0. The van der Waals surface area contributed by atoms with E-state index in [1.807, 2.05) is 54.6 Å². The number of hydrogen-bond acceptors (Lipinski definition) is 6. The highest BCUT2D eigenvalue weighted by molar-refractivity contribution is 6.29. The van der Waals surface area contributed by atoms with Gasteiger partial charge in [0.2, 0.25) is 0 Å². The van der Waals surface area contributed by atoms with Crippen molar-refractivity contribution in [2.24, 2.45) is 0 Å². The quantitative estimate of drug-likeness (QED) is 0.119. The van der Waals surface area contributed by atoms with Crippen LogP contribution in [0.15, 0.2) is 474 Å². The van der Waals surface area contributed by atoms with Gasteiger partial charge in [-0.25, -0.2) is 4.98 Å². The van der Waals surface area contributed by atoms with E-state index in [1.165, 1.54) is 103 Å². The van der Waals surface area contributed by atoms with Crippen molar-refractivity contribution in [3.05, 3.63) is 490 Å². The van der Waals surface area contributed by atoms with Crippen LogP contribution in [0.5, 0.6) is 0 Å². The van der Waals surface area contributed by atoms with Crippen molar-refractivity contribution < 1.29 is 0 Å². The number of fused-ring (bicyclic) bond motifs is 21. The van der Waals surface area contributed by atoms with Crippen molar-refractivity contribution in [2.75, 3.05) is 0 Å². The first kappa shape index (κ1) is 80.7. The van der Waals surface area contributed by atoms with Gasteiger partial charge in [-0.15, -0.1) is 0 Å². The molecule has 0 aliphatic rings. The maximum Gasteiger partial charge on any atom is 0.148 e. The zero-order valence-corrected chi connectivity index (χ0v) is 74.4. The van der Waals surface area contributed by atoms with E-state index in [0.29, 0.717) is 22.5 Å². The molecule has 0 saturated carbocycles. The van der Waals surface area contributed by atoms with Crippen LogP contribution < -0.4 is 0 Å². The van der Waals surface area contributed by atoms with Gasteiger partial charge in [-0.05, 0) is 221 Å². The summed E-state index contributed by atoms with van der Waals surface area (Å²) < 4.78 is 14.4. The van der Waals surface area contributed by atoms with Gasteiger partial charge >= 0.3 is 0 Å². The predicted molar refractivity (Wildman–Crippen MR) is 566 cm³/mol. The summed E-state index contributed by atoms with van der Waals surface area (Å²) in [5.74, 6) is 0. The summed E-state index contributed by atoms with van der Waals surface area (Å²) >= 11 is 0. The second-order valence-corrected chi connectivity index (χ2v) is 34.6. The third-order valence-corrected chi connectivity index (χ3v) is 27.0. The molecule has 642 valence electrons. The lowest BCUT2D eigenvalue weighted by molar-refractivity contribution is 1.17. The number of para-hydroxylation sites is 9. The molecular weight excluding hydrogens is 1680 g/mol. The van der Waals surface area contributed by atoms with Crippen LogP contribution in [0.3, 0.4) is 0 Å². The monoisotopic (exact) mass is 1760 g/mol. The average Bonchev–Trinajstić information content (AvgIpc) is 1.55. The van der Waals surface area contributed by atoms with Crippen LogP contribution in [0.2, 0.25) is 0 Å². The second-order valence-electron chi connectivity index (χ2n) is 34.6. The lowest BCUT2D eigenvalue weighted by Crippen LogP contribution is -1.95. The van der Waals surface area contributed by atoms with E-state index in [9.17, 15) is 15.8 Å². The van der Waals surface area contributed by atoms with Crippen LogP contribution in [0, 0.1) is 34.0 Å². The Balaban J connectivity index is 0.000000110. The molecule has 0 fully saturated rings. The fourth-order valence-corrected chi connectivity index (χ4v) is 21.1. The molecule has 0 atom stereocenters. The molecular formula is C126H78N12. The lowest BCUT2D eigenvalue weighted by Gasteiger charge is -2.12. The van der Waals surface area contributed by atoms with Crippen LogP contribution in [-0.2, 0) is 0 Å². The number of nitrogens with zero attached hydrogens (tertiary/aromatic N) is 12. The van der Waals surface area contributed by atoms with Crippen molar-refractivity contribution in [3.8, 4) is 119 Å². The smallest absolute Gasteiger partial charge is 0.148 e. The largest absolute Gasteiger partial charge is 0.309 e. The van der Waals surface area contributed by atoms with Crippen LogP contribution in [-0.4, -0.2) is 42.4 Å². The van der Waals surface area contributed by atoms with Crippen molar-refractivity contribution in [2.45, 2.75) is 0 Å². The van der Waals surface area contributed by atoms with Crippen molar-refractivity contribution >= 4 is 131 Å². The summed E-state index contributed by atoms with van der Waals surface area (Å²) in [4.78, 5) is 13.3. The summed E-state index contributed by atoms with van der Waals surface area (Å²) in [5.41, 5.74) is 34.3. The van der Waals surface area contributed by atoms with Gasteiger partial charge in [0.25, 0.3) is 0 Å². The Morgan fingerprint density at radius 2 is 0.514 bits per heavy atom. The Labute approximate surface area is 793 Å². The molecule has 12 heteroatoms. The van der Waals surface area contributed by atoms with E-state index in [1.54, 1.807) is 30.7 Å². The third kappa shape index (κ3) is 13.5. The first-order valence-corrected chi connectivity index (χ1v) is 46.1. The molecule has 0 N–H and O–H groups in total. The summed E-state index contributed by atoms with van der Waals surface area (Å²) in [6.45, 7) is 0. The number of nitriles is 3. The third-order valence-electron chi connectivity index (χ3n) is 27.0. The van der Waals surface area contributed by atoms with E-state index in [2.05, 4.69) is 449 Å². The van der Waals surface area contributed by atoms with Gasteiger partial charge in [-0.1, -0.05) is 273 Å². The van der Waals surface area contributed by atoms with Crippen molar-refractivity contribution in [1.29, 1.82) is 15.8 Å². The van der Waals surface area contributed by atoms with Crippen LogP contribution in [0.1, 0.15) is 16.8 Å². The zero-order chi connectivity index (χ0) is 91.8. The first-order valence-electron chi connectivity index (χ1n) is 46.1. The molecule has 0 spiro atoms. The van der Waals surface area contributed by atoms with Gasteiger partial charge in [0.1, 0.15) is 17.8 Å². The van der Waals surface area contributed by atoms with Gasteiger partial charge in [-0.2, -0.15) is 15.8 Å². The molecule has 0 unspecified atom stereocenters. The Bertz CT molecular complexity index is 9350. The Kier molecular flexibility index (Phi) is 19.8. The fourth-order valence-electron chi connectivity index (χ4n) is 21.1. The zero-order valence-electron chi connectivity index (χ0n) is 74.4. The summed E-state index contributed by atoms with van der Waals surface area (Å²) in [5, 5.41) is 43.6. The molecule has 9 heterocycles. The van der Waals surface area contributed by atoms with Crippen molar-refractivity contribution in [1.82, 2.24) is 42.4 Å². The Morgan fingerprint density at radius 1 is 0.188 bits per heavy atom. The van der Waals surface area contributed by atoms with E-state index in [4.69, 9.17) is 0 Å². The molecule has 0 aliphatic heterocycles. The molecule has 27 aromatic rings. The SMILES string of the molecule is N#Cc1cccnc1-c1cccc(-c2cccc(-n3c4ccccc4c4c3ccc3c5ccccc5n(-c5ccccc5)c34)c2)c1.N#Cc1ccnc(-c2cccc(-c3cccc(-n4c5ccccc5c5c4ccc4c6ccccc6n(-c6ccccc6)c45)c3)c2)c1.N#Cc1ncccc1-c1cccc(-c2cccc(-n3c4ccccc4c4c3ccc3c5ccccc5n(-c5ccccc5)c34)c2)c1. The highest BCUT2D eigenvalue weighted by atomic mass is 15.0. The van der Waals surface area contributed by atoms with Gasteiger partial charge in [0, 0.05) is 134 Å². The average molecular weight is 1760 g/mol. The minimum absolute atomic E-state index is 0.429. The topological polar surface area (TPSA) is 140 Å². The van der Waals surface area contributed by atoms with Crippen LogP contribution >= 0.6 is 0 Å². The minimum atomic E-state index is 0.429. The van der Waals surface area contributed by atoms with Gasteiger partial charge in [0.15, 0.2) is 0 Å². The molecule has 9 aromatic heterocycles. The standard InChI is InChI=1S/3C42H26N4/c43-27-31-14-10-24-44-41(31)30-13-8-11-28(25-30)29-12-9-17-33(26-29)45-38-21-7-5-19-36(38)40-39(45)23-22-35-34-18-4-6-20-37(34)46(42(35)40)32-15-2-1-3-16-32;43-27-37-33(19-10-24-44-37)30-13-8-11-28(25-30)29-12-9-16-32(26-29)45-39-21-7-5-18-36(39)41-40(45)23-22-35-34-17-4-6-20-38(34)46(42(35)41)31-14-2-1-3-15-31;43-27-28-22-23-44-37(24-28)31-12-8-10-29(25-31)30-11-9-15-33(26-30)45-39-19-7-5-17-36(39)41-40(45)21-20-35-34-16-4-6-18-38(34)46(42(35)41)32-13-2-1-3-14-32/h3*1-26H. The predicted octanol–water partition coefficient (Wildman–Crippen LogP) is 31.4. The summed E-state index contributed by atoms with van der Waals surface area (Å²) in [7, 11) is 0. The maximum absolute atomic E-state index is 9.68. The number of pyridine rings is 3. The molecule has 0 saturated heterocycles. The maximum atomic E-state index is 9.68. The summed E-state index contributed by atoms with van der Waals surface area (Å²) in [6, 6.07) is 167. The molecule has 12 nitrogen and oxygen atoms in total. The Hall–Kier alpha value is -19.3. The Morgan fingerprint density at radius 3 is 0.920 bits per heavy atom. The van der Waals surface area contributed by atoms with E-state index >= 15 is 0 Å². The summed E-state index contributed by atoms with van der Waals surface area (Å²) in [6.07, 6.45) is 5.09. The molecule has 0 aliphatic carbocycles. The first-order chi connectivity index (χ1) is 68.4. The van der Waals surface area contributed by atoms with E-state index in [-0.39, 0.29) is 0 Å². The van der Waals surface area contributed by atoms with Crippen LogP contribution in [0.4, 0.5) is 0 Å². The highest BCUT2D eigenvalue weighted by Gasteiger charge is 2.27. The number of aromatic nitrogens is 9. The number of benzene rings is 18. The highest BCUT2D eigenvalue weighted by Crippen LogP contribution is 2.48. The van der Waals surface area contributed by atoms with Crippen molar-refractivity contribution in [3.63, 3.8) is 0 Å². The van der Waals surface area contributed by atoms with Gasteiger partial charge in [0.05, 0.1) is 94.8 Å². The number of hydrogen-bond donors (Lipinski definition) is 0. The minimum Gasteiger partial charge on any atom is -0.309 e. The molecule has 18 aromatic carbocycles. The normalized spacial score (nSPS) is 11.5. The van der Waals surface area contributed by atoms with E-state index in [0.717, 1.165) is 123 Å². The van der Waals surface area contributed by atoms with Gasteiger partial charge in [-0.3, -0.25) is 9.97 Å². The van der Waals surface area contributed by atoms with E-state index < -0.39 is 0 Å².